The molecule has 0 aliphatic heterocycles. The molecule has 6 heteroatoms. The van der Waals surface area contributed by atoms with Gasteiger partial charge in [-0.1, -0.05) is 37.1 Å². The molecule has 1 aromatic carbocycles. The Morgan fingerprint density at radius 2 is 2.12 bits per heavy atom. The number of aromatic nitrogens is 2. The summed E-state index contributed by atoms with van der Waals surface area (Å²) in [5, 5.41) is 13.7. The maximum atomic E-state index is 11.9. The average molecular weight is 358 g/mol. The summed E-state index contributed by atoms with van der Waals surface area (Å²) >= 11 is 6.32. The minimum atomic E-state index is -0.457. The fourth-order valence-electron chi connectivity index (χ4n) is 2.24. The molecule has 0 fully saturated rings. The quantitative estimate of drug-likeness (QED) is 0.548. The molecule has 0 atom stereocenters. The summed E-state index contributed by atoms with van der Waals surface area (Å²) in [6.07, 6.45) is 5.04. The zero-order valence-electron chi connectivity index (χ0n) is 14.3. The van der Waals surface area contributed by atoms with Gasteiger partial charge in [0.1, 0.15) is 11.8 Å². The van der Waals surface area contributed by atoms with Crippen LogP contribution < -0.4 is 0 Å². The third-order valence-electron chi connectivity index (χ3n) is 3.68. The molecule has 0 spiro atoms. The molecule has 0 radical (unpaired) electrons. The van der Waals surface area contributed by atoms with Crippen LogP contribution in [-0.2, 0) is 22.7 Å². The number of aryl methyl sites for hydroxylation is 2. The number of ether oxygens (including phenoxy) is 1. The number of hydrogen-bond acceptors (Lipinski definition) is 4. The van der Waals surface area contributed by atoms with E-state index in [1.165, 1.54) is 6.08 Å². The van der Waals surface area contributed by atoms with Gasteiger partial charge in [0.05, 0.1) is 17.3 Å². The highest BCUT2D eigenvalue weighted by molar-refractivity contribution is 6.31. The Balaban J connectivity index is 1.95. The Morgan fingerprint density at radius 3 is 2.76 bits per heavy atom. The highest BCUT2D eigenvalue weighted by Gasteiger charge is 2.11. The Bertz CT molecular complexity index is 801. The van der Waals surface area contributed by atoms with Crippen LogP contribution in [0.1, 0.15) is 42.1 Å². The van der Waals surface area contributed by atoms with Crippen LogP contribution in [0.4, 0.5) is 0 Å². The Hall–Kier alpha value is -2.58. The van der Waals surface area contributed by atoms with Crippen molar-refractivity contribution in [1.82, 2.24) is 9.78 Å². The number of carbonyl (C=O) groups is 1. The SMILES string of the molecule is CCCCn1nc(C)c(/C=C/C(=O)OCc2ccc(C#N)cc2)c1Cl. The Labute approximate surface area is 152 Å². The molecule has 0 N–H and O–H groups in total. The number of rotatable bonds is 7. The van der Waals surface area contributed by atoms with Crippen LogP contribution in [0.2, 0.25) is 5.15 Å². The highest BCUT2D eigenvalue weighted by atomic mass is 35.5. The van der Waals surface area contributed by atoms with E-state index in [0.717, 1.165) is 36.2 Å². The molecule has 0 saturated carbocycles. The van der Waals surface area contributed by atoms with Crippen molar-refractivity contribution >= 4 is 23.6 Å². The van der Waals surface area contributed by atoms with Crippen molar-refractivity contribution < 1.29 is 9.53 Å². The van der Waals surface area contributed by atoms with Gasteiger partial charge in [0.15, 0.2) is 0 Å². The third-order valence-corrected chi connectivity index (χ3v) is 4.08. The second-order valence-corrected chi connectivity index (χ2v) is 5.97. The minimum Gasteiger partial charge on any atom is -0.458 e. The van der Waals surface area contributed by atoms with Gasteiger partial charge in [0.2, 0.25) is 0 Å². The van der Waals surface area contributed by atoms with Crippen LogP contribution in [0.15, 0.2) is 30.3 Å². The van der Waals surface area contributed by atoms with Crippen LogP contribution in [0.25, 0.3) is 6.08 Å². The number of hydrogen-bond donors (Lipinski definition) is 0. The van der Waals surface area contributed by atoms with Gasteiger partial charge in [-0.05, 0) is 37.1 Å². The van der Waals surface area contributed by atoms with Crippen LogP contribution in [0.3, 0.4) is 0 Å². The average Bonchev–Trinajstić information content (AvgIpc) is 2.90. The molecule has 25 heavy (non-hydrogen) atoms. The molecule has 0 bridgehead atoms. The number of nitriles is 1. The lowest BCUT2D eigenvalue weighted by atomic mass is 10.2. The van der Waals surface area contributed by atoms with Crippen molar-refractivity contribution in [3.05, 3.63) is 57.9 Å². The number of halogens is 1. The standard InChI is InChI=1S/C19H20ClN3O2/c1-3-4-11-23-19(20)17(14(2)22-23)9-10-18(24)25-13-16-7-5-15(12-21)6-8-16/h5-10H,3-4,11,13H2,1-2H3/b10-9+. The van der Waals surface area contributed by atoms with Crippen LogP contribution in [-0.4, -0.2) is 15.7 Å². The van der Waals surface area contributed by atoms with Crippen molar-refractivity contribution in [2.75, 3.05) is 0 Å². The van der Waals surface area contributed by atoms with E-state index in [4.69, 9.17) is 21.6 Å². The first kappa shape index (κ1) is 18.8. The van der Waals surface area contributed by atoms with Gasteiger partial charge in [0, 0.05) is 18.2 Å². The van der Waals surface area contributed by atoms with Gasteiger partial charge in [0.25, 0.3) is 0 Å². The number of benzene rings is 1. The molecule has 0 unspecified atom stereocenters. The predicted octanol–water partition coefficient (Wildman–Crippen LogP) is 4.27. The third kappa shape index (κ3) is 5.20. The lowest BCUT2D eigenvalue weighted by molar-refractivity contribution is -0.138. The zero-order chi connectivity index (χ0) is 18.2. The van der Waals surface area contributed by atoms with E-state index in [2.05, 4.69) is 12.0 Å². The molecule has 0 aliphatic rings. The van der Waals surface area contributed by atoms with E-state index >= 15 is 0 Å². The van der Waals surface area contributed by atoms with Crippen molar-refractivity contribution in [2.45, 2.75) is 39.8 Å². The highest BCUT2D eigenvalue weighted by Crippen LogP contribution is 2.21. The van der Waals surface area contributed by atoms with E-state index in [1.807, 2.05) is 13.0 Å². The van der Waals surface area contributed by atoms with Gasteiger partial charge in [-0.3, -0.25) is 4.68 Å². The lowest BCUT2D eigenvalue weighted by Gasteiger charge is -2.02. The zero-order valence-corrected chi connectivity index (χ0v) is 15.1. The maximum absolute atomic E-state index is 11.9. The monoisotopic (exact) mass is 357 g/mol. The molecule has 1 heterocycles. The number of esters is 1. The van der Waals surface area contributed by atoms with Crippen molar-refractivity contribution in [3.63, 3.8) is 0 Å². The van der Waals surface area contributed by atoms with E-state index in [-0.39, 0.29) is 6.61 Å². The fraction of sp³-hybridized carbons (Fsp3) is 0.316. The first-order valence-corrected chi connectivity index (χ1v) is 8.49. The van der Waals surface area contributed by atoms with Crippen molar-refractivity contribution in [2.24, 2.45) is 0 Å². The molecule has 2 rings (SSSR count). The summed E-state index contributed by atoms with van der Waals surface area (Å²) < 4.78 is 6.95. The van der Waals surface area contributed by atoms with Gasteiger partial charge < -0.3 is 4.74 Å². The summed E-state index contributed by atoms with van der Waals surface area (Å²) in [6, 6.07) is 8.93. The molecule has 0 amide bonds. The maximum Gasteiger partial charge on any atom is 0.331 e. The van der Waals surface area contributed by atoms with Crippen molar-refractivity contribution in [1.29, 1.82) is 5.26 Å². The molecule has 2 aromatic rings. The Kier molecular flexibility index (Phi) is 6.79. The molecule has 1 aromatic heterocycles. The molecule has 130 valence electrons. The van der Waals surface area contributed by atoms with Gasteiger partial charge in [-0.2, -0.15) is 10.4 Å². The Morgan fingerprint density at radius 1 is 1.40 bits per heavy atom. The normalized spacial score (nSPS) is 10.8. The lowest BCUT2D eigenvalue weighted by Crippen LogP contribution is -2.01. The largest absolute Gasteiger partial charge is 0.458 e. The number of carbonyl (C=O) groups excluding carboxylic acids is 1. The summed E-state index contributed by atoms with van der Waals surface area (Å²) in [6.45, 7) is 4.87. The van der Waals surface area contributed by atoms with E-state index < -0.39 is 5.97 Å². The minimum absolute atomic E-state index is 0.150. The predicted molar refractivity (Wildman–Crippen MR) is 96.9 cm³/mol. The van der Waals surface area contributed by atoms with E-state index in [1.54, 1.807) is 35.0 Å². The summed E-state index contributed by atoms with van der Waals surface area (Å²) in [4.78, 5) is 11.9. The van der Waals surface area contributed by atoms with E-state index in [0.29, 0.717) is 10.7 Å². The van der Waals surface area contributed by atoms with Crippen LogP contribution >= 0.6 is 11.6 Å². The van der Waals surface area contributed by atoms with Crippen LogP contribution in [0.5, 0.6) is 0 Å². The number of unbranched alkanes of at least 4 members (excludes halogenated alkanes) is 1. The summed E-state index contributed by atoms with van der Waals surface area (Å²) in [5.41, 5.74) is 2.90. The summed E-state index contributed by atoms with van der Waals surface area (Å²) in [5.74, 6) is -0.457. The molecule has 0 aliphatic carbocycles. The number of nitrogens with zero attached hydrogens (tertiary/aromatic N) is 3. The smallest absolute Gasteiger partial charge is 0.331 e. The molecule has 0 saturated heterocycles. The first-order valence-electron chi connectivity index (χ1n) is 8.12. The van der Waals surface area contributed by atoms with Gasteiger partial charge in [-0.15, -0.1) is 0 Å². The first-order chi connectivity index (χ1) is 12.0. The fourth-order valence-corrected chi connectivity index (χ4v) is 2.56. The second-order valence-electron chi connectivity index (χ2n) is 5.62. The summed E-state index contributed by atoms with van der Waals surface area (Å²) in [7, 11) is 0. The van der Waals surface area contributed by atoms with E-state index in [9.17, 15) is 4.79 Å². The molecule has 5 nitrogen and oxygen atoms in total. The molecular weight excluding hydrogens is 338 g/mol. The second kappa shape index (κ2) is 9.05. The molecular formula is C19H20ClN3O2. The van der Waals surface area contributed by atoms with Gasteiger partial charge >= 0.3 is 5.97 Å². The van der Waals surface area contributed by atoms with Crippen LogP contribution in [0, 0.1) is 18.3 Å². The van der Waals surface area contributed by atoms with Gasteiger partial charge in [-0.25, -0.2) is 4.79 Å². The topological polar surface area (TPSA) is 67.9 Å². The van der Waals surface area contributed by atoms with Crippen molar-refractivity contribution in [3.8, 4) is 6.07 Å².